The second kappa shape index (κ2) is 8.14. The van der Waals surface area contributed by atoms with E-state index in [1.807, 2.05) is 0 Å². The van der Waals surface area contributed by atoms with Gasteiger partial charge in [-0.1, -0.05) is 12.8 Å². The van der Waals surface area contributed by atoms with Crippen LogP contribution in [0.25, 0.3) is 0 Å². The van der Waals surface area contributed by atoms with E-state index in [9.17, 15) is 0 Å². The molecule has 1 aromatic heterocycles. The first kappa shape index (κ1) is 13.0. The van der Waals surface area contributed by atoms with E-state index in [0.717, 1.165) is 18.8 Å². The Morgan fingerprint density at radius 1 is 1.27 bits per heavy atom. The molecule has 0 spiro atoms. The van der Waals surface area contributed by atoms with E-state index in [2.05, 4.69) is 28.8 Å². The molecule has 0 saturated heterocycles. The van der Waals surface area contributed by atoms with Crippen LogP contribution in [0, 0.1) is 0 Å². The maximum Gasteiger partial charge on any atom is 0.0238 e. The van der Waals surface area contributed by atoms with Gasteiger partial charge in [0.05, 0.1) is 0 Å². The summed E-state index contributed by atoms with van der Waals surface area (Å²) in [6, 6.07) is 2.20. The Labute approximate surface area is 102 Å². The molecule has 0 aliphatic rings. The molecule has 0 fully saturated rings. The number of nitrogens with zero attached hydrogens (tertiary/aromatic N) is 1. The zero-order valence-electron chi connectivity index (χ0n) is 9.42. The molecule has 0 N–H and O–H groups in total. The molecular weight excluding hydrogens is 226 g/mol. The summed E-state index contributed by atoms with van der Waals surface area (Å²) >= 11 is 7.40. The van der Waals surface area contributed by atoms with Gasteiger partial charge in [-0.3, -0.25) is 0 Å². The molecule has 0 saturated carbocycles. The van der Waals surface area contributed by atoms with Crippen LogP contribution >= 0.6 is 22.9 Å². The number of thiophene rings is 1. The lowest BCUT2D eigenvalue weighted by molar-refractivity contribution is 0.317. The summed E-state index contributed by atoms with van der Waals surface area (Å²) in [5, 5.41) is 4.37. The third kappa shape index (κ3) is 6.18. The summed E-state index contributed by atoms with van der Waals surface area (Å²) in [4.78, 5) is 2.39. The van der Waals surface area contributed by atoms with Crippen molar-refractivity contribution in [1.29, 1.82) is 0 Å². The van der Waals surface area contributed by atoms with Gasteiger partial charge in [0.15, 0.2) is 0 Å². The number of rotatable bonds is 8. The molecule has 0 atom stereocenters. The molecule has 15 heavy (non-hydrogen) atoms. The molecule has 0 aliphatic heterocycles. The van der Waals surface area contributed by atoms with Crippen molar-refractivity contribution in [3.8, 4) is 0 Å². The Morgan fingerprint density at radius 3 is 2.73 bits per heavy atom. The van der Waals surface area contributed by atoms with E-state index >= 15 is 0 Å². The fourth-order valence-corrected chi connectivity index (χ4v) is 2.45. The molecule has 1 aromatic rings. The smallest absolute Gasteiger partial charge is 0.0238 e. The van der Waals surface area contributed by atoms with Gasteiger partial charge in [0, 0.05) is 12.4 Å². The third-order valence-electron chi connectivity index (χ3n) is 2.46. The first-order chi connectivity index (χ1) is 7.33. The van der Waals surface area contributed by atoms with Crippen LogP contribution in [0.3, 0.4) is 0 Å². The first-order valence-electron chi connectivity index (χ1n) is 5.58. The SMILES string of the molecule is CN(CCCCCCCl)Cc1ccsc1. The maximum absolute atomic E-state index is 5.63. The van der Waals surface area contributed by atoms with Crippen LogP contribution in [0.15, 0.2) is 16.8 Å². The highest BCUT2D eigenvalue weighted by atomic mass is 35.5. The number of halogens is 1. The van der Waals surface area contributed by atoms with Gasteiger partial charge in [-0.05, 0) is 48.8 Å². The highest BCUT2D eigenvalue weighted by Crippen LogP contribution is 2.09. The largest absolute Gasteiger partial charge is 0.302 e. The van der Waals surface area contributed by atoms with Gasteiger partial charge in [0.1, 0.15) is 0 Å². The molecular formula is C12H20ClNS. The van der Waals surface area contributed by atoms with Crippen molar-refractivity contribution >= 4 is 22.9 Å². The van der Waals surface area contributed by atoms with Gasteiger partial charge in [-0.2, -0.15) is 11.3 Å². The van der Waals surface area contributed by atoms with Crippen LogP contribution in [-0.4, -0.2) is 24.4 Å². The van der Waals surface area contributed by atoms with Crippen molar-refractivity contribution in [1.82, 2.24) is 4.90 Å². The van der Waals surface area contributed by atoms with E-state index < -0.39 is 0 Å². The van der Waals surface area contributed by atoms with Crippen molar-refractivity contribution in [3.63, 3.8) is 0 Å². The van der Waals surface area contributed by atoms with Crippen molar-refractivity contribution in [2.45, 2.75) is 32.2 Å². The summed E-state index contributed by atoms with van der Waals surface area (Å²) in [7, 11) is 2.19. The summed E-state index contributed by atoms with van der Waals surface area (Å²) in [6.07, 6.45) is 5.03. The highest BCUT2D eigenvalue weighted by Gasteiger charge is 2.00. The van der Waals surface area contributed by atoms with Gasteiger partial charge in [0.2, 0.25) is 0 Å². The molecule has 0 aromatic carbocycles. The number of hydrogen-bond donors (Lipinski definition) is 0. The summed E-state index contributed by atoms with van der Waals surface area (Å²) in [5.41, 5.74) is 1.43. The Hall–Kier alpha value is -0.0500. The van der Waals surface area contributed by atoms with Crippen LogP contribution in [-0.2, 0) is 6.54 Å². The van der Waals surface area contributed by atoms with Crippen molar-refractivity contribution in [3.05, 3.63) is 22.4 Å². The third-order valence-corrected chi connectivity index (χ3v) is 3.46. The Kier molecular flexibility index (Phi) is 7.07. The average Bonchev–Trinajstić information content (AvgIpc) is 2.70. The Morgan fingerprint density at radius 2 is 2.07 bits per heavy atom. The summed E-state index contributed by atoms with van der Waals surface area (Å²) < 4.78 is 0. The minimum absolute atomic E-state index is 0.810. The van der Waals surface area contributed by atoms with Gasteiger partial charge < -0.3 is 4.90 Å². The quantitative estimate of drug-likeness (QED) is 0.495. The van der Waals surface area contributed by atoms with Gasteiger partial charge in [-0.15, -0.1) is 11.6 Å². The lowest BCUT2D eigenvalue weighted by Crippen LogP contribution is -2.18. The van der Waals surface area contributed by atoms with Crippen LogP contribution < -0.4 is 0 Å². The fourth-order valence-electron chi connectivity index (χ4n) is 1.60. The van der Waals surface area contributed by atoms with Crippen LogP contribution in [0.5, 0.6) is 0 Å². The molecule has 1 heterocycles. The van der Waals surface area contributed by atoms with Crippen LogP contribution in [0.4, 0.5) is 0 Å². The maximum atomic E-state index is 5.63. The highest BCUT2D eigenvalue weighted by molar-refractivity contribution is 7.07. The number of alkyl halides is 1. The van der Waals surface area contributed by atoms with Crippen molar-refractivity contribution < 1.29 is 0 Å². The van der Waals surface area contributed by atoms with E-state index in [4.69, 9.17) is 11.6 Å². The molecule has 1 rings (SSSR count). The zero-order chi connectivity index (χ0) is 10.9. The molecule has 0 amide bonds. The minimum Gasteiger partial charge on any atom is -0.302 e. The molecule has 3 heteroatoms. The average molecular weight is 246 g/mol. The summed E-state index contributed by atoms with van der Waals surface area (Å²) in [6.45, 7) is 2.27. The molecule has 0 unspecified atom stereocenters. The van der Waals surface area contributed by atoms with E-state index in [0.29, 0.717) is 0 Å². The predicted molar refractivity (Wildman–Crippen MR) is 69.8 cm³/mol. The van der Waals surface area contributed by atoms with E-state index in [1.165, 1.54) is 31.4 Å². The van der Waals surface area contributed by atoms with E-state index in [-0.39, 0.29) is 0 Å². The van der Waals surface area contributed by atoms with Crippen molar-refractivity contribution in [2.24, 2.45) is 0 Å². The van der Waals surface area contributed by atoms with Gasteiger partial charge in [-0.25, -0.2) is 0 Å². The van der Waals surface area contributed by atoms with Crippen molar-refractivity contribution in [2.75, 3.05) is 19.5 Å². The molecule has 0 bridgehead atoms. The van der Waals surface area contributed by atoms with Gasteiger partial charge >= 0.3 is 0 Å². The topological polar surface area (TPSA) is 3.24 Å². The molecule has 0 aliphatic carbocycles. The Bertz CT molecular complexity index is 236. The van der Waals surface area contributed by atoms with Crippen LogP contribution in [0.2, 0.25) is 0 Å². The second-order valence-electron chi connectivity index (χ2n) is 3.97. The predicted octanol–water partition coefficient (Wildman–Crippen LogP) is 3.98. The lowest BCUT2D eigenvalue weighted by atomic mass is 10.2. The molecule has 0 radical (unpaired) electrons. The number of unbranched alkanes of at least 4 members (excludes halogenated alkanes) is 3. The molecule has 86 valence electrons. The lowest BCUT2D eigenvalue weighted by Gasteiger charge is -2.15. The molecule has 1 nitrogen and oxygen atoms in total. The monoisotopic (exact) mass is 245 g/mol. The standard InChI is InChI=1S/C12H20ClNS/c1-14(8-5-3-2-4-7-13)10-12-6-9-15-11-12/h6,9,11H,2-5,7-8,10H2,1H3. The van der Waals surface area contributed by atoms with Crippen LogP contribution in [0.1, 0.15) is 31.2 Å². The normalized spacial score (nSPS) is 11.1. The van der Waals surface area contributed by atoms with Gasteiger partial charge in [0.25, 0.3) is 0 Å². The summed E-state index contributed by atoms with van der Waals surface area (Å²) in [5.74, 6) is 0.810. The first-order valence-corrected chi connectivity index (χ1v) is 7.06. The minimum atomic E-state index is 0.810. The zero-order valence-corrected chi connectivity index (χ0v) is 11.0. The fraction of sp³-hybridized carbons (Fsp3) is 0.667. The Balaban J connectivity index is 2.01. The number of hydrogen-bond acceptors (Lipinski definition) is 2. The second-order valence-corrected chi connectivity index (χ2v) is 5.13. The van der Waals surface area contributed by atoms with E-state index in [1.54, 1.807) is 11.3 Å².